The Morgan fingerprint density at radius 3 is 2.89 bits per heavy atom. The van der Waals surface area contributed by atoms with Crippen molar-refractivity contribution < 1.29 is 9.47 Å². The number of nitrogens with one attached hydrogen (secondary N) is 1. The molecule has 0 saturated carbocycles. The van der Waals surface area contributed by atoms with E-state index in [4.69, 9.17) is 15.2 Å². The Morgan fingerprint density at radius 2 is 2.16 bits per heavy atom. The molecule has 3 N–H and O–H groups in total. The number of hydrogen-bond acceptors (Lipinski definition) is 3. The Bertz CT molecular complexity index is 394. The molecule has 0 fully saturated rings. The molecule has 0 heterocycles. The lowest BCUT2D eigenvalue weighted by Gasteiger charge is -2.09. The molecule has 106 valence electrons. The van der Waals surface area contributed by atoms with Crippen LogP contribution in [0.25, 0.3) is 0 Å². The van der Waals surface area contributed by atoms with Gasteiger partial charge in [0.2, 0.25) is 0 Å². The summed E-state index contributed by atoms with van der Waals surface area (Å²) in [5, 5.41) is 3.01. The minimum Gasteiger partial charge on any atom is -0.497 e. The van der Waals surface area contributed by atoms with E-state index in [-0.39, 0.29) is 0 Å². The summed E-state index contributed by atoms with van der Waals surface area (Å²) in [6.07, 6.45) is 2.18. The molecule has 1 rings (SSSR count). The van der Waals surface area contributed by atoms with E-state index in [0.717, 1.165) is 30.9 Å². The second-order valence-corrected chi connectivity index (χ2v) is 4.07. The maximum Gasteiger partial charge on any atom is 0.188 e. The van der Waals surface area contributed by atoms with Gasteiger partial charge in [0.05, 0.1) is 13.7 Å². The maximum absolute atomic E-state index is 5.70. The van der Waals surface area contributed by atoms with Gasteiger partial charge in [-0.2, -0.15) is 0 Å². The van der Waals surface area contributed by atoms with Gasteiger partial charge in [0.15, 0.2) is 5.96 Å². The fraction of sp³-hybridized carbons (Fsp3) is 0.500. The number of benzene rings is 1. The third-order valence-corrected chi connectivity index (χ3v) is 2.51. The molecule has 0 aliphatic carbocycles. The first-order valence-electron chi connectivity index (χ1n) is 6.57. The second-order valence-electron chi connectivity index (χ2n) is 4.07. The number of aliphatic imine (C=N–C) groups is 1. The zero-order valence-corrected chi connectivity index (χ0v) is 11.7. The molecule has 0 radical (unpaired) electrons. The SMILES string of the molecule is CCCCN=C(N)NCCOc1cccc(OC)c1. The molecular weight excluding hydrogens is 242 g/mol. The molecular formula is C14H23N3O2. The van der Waals surface area contributed by atoms with Gasteiger partial charge in [-0.3, -0.25) is 4.99 Å². The van der Waals surface area contributed by atoms with E-state index in [1.165, 1.54) is 0 Å². The van der Waals surface area contributed by atoms with Crippen LogP contribution < -0.4 is 20.5 Å². The van der Waals surface area contributed by atoms with Gasteiger partial charge < -0.3 is 20.5 Å². The molecule has 5 nitrogen and oxygen atoms in total. The lowest BCUT2D eigenvalue weighted by atomic mass is 10.3. The topological polar surface area (TPSA) is 68.9 Å². The van der Waals surface area contributed by atoms with Gasteiger partial charge in [0, 0.05) is 12.6 Å². The maximum atomic E-state index is 5.70. The van der Waals surface area contributed by atoms with Crippen LogP contribution in [0.3, 0.4) is 0 Å². The van der Waals surface area contributed by atoms with Crippen molar-refractivity contribution >= 4 is 5.96 Å². The Morgan fingerprint density at radius 1 is 1.37 bits per heavy atom. The van der Waals surface area contributed by atoms with E-state index in [0.29, 0.717) is 19.1 Å². The third kappa shape index (κ3) is 6.55. The molecule has 0 atom stereocenters. The van der Waals surface area contributed by atoms with Crippen LogP contribution in [-0.4, -0.2) is 32.8 Å². The van der Waals surface area contributed by atoms with Crippen LogP contribution in [0.15, 0.2) is 29.3 Å². The van der Waals surface area contributed by atoms with Crippen molar-refractivity contribution in [3.63, 3.8) is 0 Å². The van der Waals surface area contributed by atoms with Crippen LogP contribution in [0.4, 0.5) is 0 Å². The van der Waals surface area contributed by atoms with Crippen molar-refractivity contribution in [2.75, 3.05) is 26.8 Å². The number of nitrogens with two attached hydrogens (primary N) is 1. The molecule has 0 unspecified atom stereocenters. The number of hydrogen-bond donors (Lipinski definition) is 2. The first-order valence-corrected chi connectivity index (χ1v) is 6.57. The van der Waals surface area contributed by atoms with Gasteiger partial charge in [-0.05, 0) is 18.6 Å². The number of nitrogens with zero attached hydrogens (tertiary/aromatic N) is 1. The zero-order chi connectivity index (χ0) is 13.9. The number of rotatable bonds is 8. The lowest BCUT2D eigenvalue weighted by Crippen LogP contribution is -2.34. The Balaban J connectivity index is 2.21. The number of methoxy groups -OCH3 is 1. The minimum atomic E-state index is 0.475. The molecule has 0 aromatic heterocycles. The minimum absolute atomic E-state index is 0.475. The second kappa shape index (κ2) is 9.08. The summed E-state index contributed by atoms with van der Waals surface area (Å²) in [6.45, 7) is 4.04. The average Bonchev–Trinajstić information content (AvgIpc) is 2.44. The molecule has 0 saturated heterocycles. The molecule has 0 spiro atoms. The predicted molar refractivity (Wildman–Crippen MR) is 77.9 cm³/mol. The van der Waals surface area contributed by atoms with Gasteiger partial charge in [-0.1, -0.05) is 19.4 Å². The molecule has 19 heavy (non-hydrogen) atoms. The van der Waals surface area contributed by atoms with Crippen molar-refractivity contribution in [2.24, 2.45) is 10.7 Å². The highest BCUT2D eigenvalue weighted by Crippen LogP contribution is 2.18. The first kappa shape index (κ1) is 15.1. The summed E-state index contributed by atoms with van der Waals surface area (Å²) in [6, 6.07) is 7.51. The van der Waals surface area contributed by atoms with E-state index in [1.54, 1.807) is 7.11 Å². The standard InChI is InChI=1S/C14H23N3O2/c1-3-4-8-16-14(15)17-9-10-19-13-7-5-6-12(11-13)18-2/h5-7,11H,3-4,8-10H2,1-2H3,(H3,15,16,17). The number of guanidine groups is 1. The highest BCUT2D eigenvalue weighted by atomic mass is 16.5. The van der Waals surface area contributed by atoms with Gasteiger partial charge in [-0.15, -0.1) is 0 Å². The Hall–Kier alpha value is -1.91. The van der Waals surface area contributed by atoms with Crippen molar-refractivity contribution in [1.29, 1.82) is 0 Å². The van der Waals surface area contributed by atoms with Gasteiger partial charge in [-0.25, -0.2) is 0 Å². The molecule has 1 aromatic carbocycles. The molecule has 5 heteroatoms. The lowest BCUT2D eigenvalue weighted by molar-refractivity contribution is 0.319. The molecule has 0 aliphatic rings. The van der Waals surface area contributed by atoms with E-state index in [2.05, 4.69) is 17.2 Å². The summed E-state index contributed by atoms with van der Waals surface area (Å²) in [7, 11) is 1.63. The van der Waals surface area contributed by atoms with Gasteiger partial charge in [0.1, 0.15) is 18.1 Å². The fourth-order valence-corrected chi connectivity index (χ4v) is 1.45. The van der Waals surface area contributed by atoms with Crippen molar-refractivity contribution in [3.8, 4) is 11.5 Å². The van der Waals surface area contributed by atoms with Crippen molar-refractivity contribution in [3.05, 3.63) is 24.3 Å². The Kier molecular flexibility index (Phi) is 7.24. The smallest absolute Gasteiger partial charge is 0.188 e. The van der Waals surface area contributed by atoms with Gasteiger partial charge >= 0.3 is 0 Å². The highest BCUT2D eigenvalue weighted by Gasteiger charge is 1.97. The van der Waals surface area contributed by atoms with E-state index in [9.17, 15) is 0 Å². The Labute approximate surface area is 114 Å². The highest BCUT2D eigenvalue weighted by molar-refractivity contribution is 5.77. The van der Waals surface area contributed by atoms with E-state index < -0.39 is 0 Å². The van der Waals surface area contributed by atoms with Crippen molar-refractivity contribution in [2.45, 2.75) is 19.8 Å². The van der Waals surface area contributed by atoms with Crippen LogP contribution in [-0.2, 0) is 0 Å². The summed E-state index contributed by atoms with van der Waals surface area (Å²) in [4.78, 5) is 4.19. The zero-order valence-electron chi connectivity index (χ0n) is 11.7. The van der Waals surface area contributed by atoms with Crippen LogP contribution in [0.1, 0.15) is 19.8 Å². The van der Waals surface area contributed by atoms with Crippen LogP contribution in [0.2, 0.25) is 0 Å². The van der Waals surface area contributed by atoms with Crippen LogP contribution in [0, 0.1) is 0 Å². The van der Waals surface area contributed by atoms with Crippen LogP contribution >= 0.6 is 0 Å². The van der Waals surface area contributed by atoms with Crippen LogP contribution in [0.5, 0.6) is 11.5 Å². The van der Waals surface area contributed by atoms with Crippen molar-refractivity contribution in [1.82, 2.24) is 5.32 Å². The first-order chi connectivity index (χ1) is 9.26. The average molecular weight is 265 g/mol. The monoisotopic (exact) mass is 265 g/mol. The van der Waals surface area contributed by atoms with E-state index >= 15 is 0 Å². The summed E-state index contributed by atoms with van der Waals surface area (Å²) in [5.41, 5.74) is 5.70. The normalized spacial score (nSPS) is 11.2. The summed E-state index contributed by atoms with van der Waals surface area (Å²) >= 11 is 0. The summed E-state index contributed by atoms with van der Waals surface area (Å²) in [5.74, 6) is 2.04. The molecule has 1 aromatic rings. The van der Waals surface area contributed by atoms with E-state index in [1.807, 2.05) is 24.3 Å². The fourth-order valence-electron chi connectivity index (χ4n) is 1.45. The number of ether oxygens (including phenoxy) is 2. The predicted octanol–water partition coefficient (Wildman–Crippen LogP) is 1.78. The van der Waals surface area contributed by atoms with Gasteiger partial charge in [0.25, 0.3) is 0 Å². The molecule has 0 aliphatic heterocycles. The summed E-state index contributed by atoms with van der Waals surface area (Å²) < 4.78 is 10.7. The molecule has 0 bridgehead atoms. The molecule has 0 amide bonds. The largest absolute Gasteiger partial charge is 0.497 e. The third-order valence-electron chi connectivity index (χ3n) is 2.51. The number of unbranched alkanes of at least 4 members (excludes halogenated alkanes) is 1. The quantitative estimate of drug-likeness (QED) is 0.427.